The van der Waals surface area contributed by atoms with Crippen molar-refractivity contribution in [2.75, 3.05) is 13.7 Å². The largest absolute Gasteiger partial charge is 0.381 e. The van der Waals surface area contributed by atoms with E-state index in [-0.39, 0.29) is 6.08 Å². The van der Waals surface area contributed by atoms with Gasteiger partial charge < -0.3 is 4.74 Å². The van der Waals surface area contributed by atoms with Crippen LogP contribution in [0.4, 0.5) is 17.6 Å². The molecule has 0 saturated heterocycles. The summed E-state index contributed by atoms with van der Waals surface area (Å²) in [4.78, 5) is 0. The number of methoxy groups -OCH3 is 1. The van der Waals surface area contributed by atoms with Crippen molar-refractivity contribution >= 4 is 0 Å². The Morgan fingerprint density at radius 1 is 1.50 bits per heavy atom. The molecule has 2 atom stereocenters. The van der Waals surface area contributed by atoms with E-state index in [1.807, 2.05) is 0 Å². The van der Waals surface area contributed by atoms with Crippen LogP contribution in [0.1, 0.15) is 0 Å². The normalized spacial score (nSPS) is 33.3. The van der Waals surface area contributed by atoms with E-state index in [0.29, 0.717) is 0 Å². The van der Waals surface area contributed by atoms with E-state index in [4.69, 9.17) is 0 Å². The van der Waals surface area contributed by atoms with Gasteiger partial charge in [-0.2, -0.15) is 0 Å². The van der Waals surface area contributed by atoms with Crippen LogP contribution in [-0.4, -0.2) is 19.4 Å². The summed E-state index contributed by atoms with van der Waals surface area (Å²) < 4.78 is 56.6. The third-order valence-electron chi connectivity index (χ3n) is 2.09. The number of halogens is 4. The molecule has 2 unspecified atom stereocenters. The van der Waals surface area contributed by atoms with Crippen LogP contribution in [0.3, 0.4) is 0 Å². The second kappa shape index (κ2) is 3.73. The molecule has 1 aliphatic rings. The fourth-order valence-corrected chi connectivity index (χ4v) is 1.21. The first-order chi connectivity index (χ1) is 6.43. The van der Waals surface area contributed by atoms with Crippen LogP contribution in [-0.2, 0) is 4.74 Å². The first-order valence-electron chi connectivity index (χ1n) is 3.87. The minimum atomic E-state index is -2.71. The summed E-state index contributed by atoms with van der Waals surface area (Å²) in [7, 11) is 1.13. The first kappa shape index (κ1) is 11.2. The summed E-state index contributed by atoms with van der Waals surface area (Å²) in [5.74, 6) is -5.98. The van der Waals surface area contributed by atoms with Crippen LogP contribution in [0.5, 0.6) is 0 Å². The lowest BCUT2D eigenvalue weighted by Gasteiger charge is -2.30. The van der Waals surface area contributed by atoms with Gasteiger partial charge in [0, 0.05) is 13.2 Å². The summed E-state index contributed by atoms with van der Waals surface area (Å²) in [6, 6.07) is 0. The molecule has 0 aliphatic heterocycles. The van der Waals surface area contributed by atoms with Crippen molar-refractivity contribution in [3.05, 3.63) is 30.5 Å². The molecule has 0 heterocycles. The van der Waals surface area contributed by atoms with E-state index in [1.54, 1.807) is 0 Å². The van der Waals surface area contributed by atoms with Crippen molar-refractivity contribution in [3.63, 3.8) is 0 Å². The van der Waals surface area contributed by atoms with Crippen molar-refractivity contribution in [1.82, 2.24) is 0 Å². The van der Waals surface area contributed by atoms with E-state index in [1.165, 1.54) is 0 Å². The van der Waals surface area contributed by atoms with Crippen LogP contribution in [0, 0.1) is 12.8 Å². The molecule has 5 heteroatoms. The van der Waals surface area contributed by atoms with Gasteiger partial charge in [0.25, 0.3) is 0 Å². The number of allylic oxidation sites excluding steroid dienone is 3. The van der Waals surface area contributed by atoms with Crippen LogP contribution in [0.15, 0.2) is 23.6 Å². The van der Waals surface area contributed by atoms with Crippen LogP contribution in [0.2, 0.25) is 0 Å². The standard InChI is InChI=1S/C9H9F4O/c1-5-8(12)6(10)3-7(11)9(5,13)4-14-2/h3,5H,1,4H2,2H3. The highest BCUT2D eigenvalue weighted by Gasteiger charge is 2.47. The summed E-state index contributed by atoms with van der Waals surface area (Å²) in [6.07, 6.45) is 0.177. The first-order valence-corrected chi connectivity index (χ1v) is 3.87. The smallest absolute Gasteiger partial charge is 0.194 e. The Bertz CT molecular complexity index is 297. The van der Waals surface area contributed by atoms with Gasteiger partial charge in [-0.05, 0) is 6.92 Å². The predicted molar refractivity (Wildman–Crippen MR) is 43.0 cm³/mol. The summed E-state index contributed by atoms with van der Waals surface area (Å²) in [5, 5.41) is 0. The van der Waals surface area contributed by atoms with Gasteiger partial charge in [0.1, 0.15) is 11.7 Å². The van der Waals surface area contributed by atoms with Crippen molar-refractivity contribution < 1.29 is 22.3 Å². The van der Waals surface area contributed by atoms with Crippen LogP contribution < -0.4 is 0 Å². The molecule has 0 bridgehead atoms. The predicted octanol–water partition coefficient (Wildman–Crippen LogP) is 2.81. The summed E-state index contributed by atoms with van der Waals surface area (Å²) in [6.45, 7) is 2.34. The second-order valence-electron chi connectivity index (χ2n) is 3.04. The highest BCUT2D eigenvalue weighted by Crippen LogP contribution is 2.42. The van der Waals surface area contributed by atoms with E-state index in [0.717, 1.165) is 7.11 Å². The molecule has 0 saturated carbocycles. The third kappa shape index (κ3) is 1.56. The highest BCUT2D eigenvalue weighted by molar-refractivity contribution is 5.34. The molecule has 0 aromatic carbocycles. The van der Waals surface area contributed by atoms with Gasteiger partial charge in [0.2, 0.25) is 0 Å². The van der Waals surface area contributed by atoms with E-state index >= 15 is 0 Å². The molecular formula is C9H9F4O. The maximum Gasteiger partial charge on any atom is 0.194 e. The van der Waals surface area contributed by atoms with Gasteiger partial charge in [0.05, 0.1) is 12.5 Å². The number of ether oxygens (including phenoxy) is 1. The van der Waals surface area contributed by atoms with Gasteiger partial charge in [-0.25, -0.2) is 17.6 Å². The zero-order chi connectivity index (χ0) is 10.9. The molecule has 79 valence electrons. The van der Waals surface area contributed by atoms with Crippen LogP contribution >= 0.6 is 0 Å². The molecule has 0 spiro atoms. The number of hydrogen-bond donors (Lipinski definition) is 0. The molecule has 1 radical (unpaired) electrons. The SMILES string of the molecule is [CH2]C1C(F)=C(F)C=C(F)C1(F)COC. The van der Waals surface area contributed by atoms with Crippen molar-refractivity contribution in [2.24, 2.45) is 5.92 Å². The van der Waals surface area contributed by atoms with E-state index < -0.39 is 35.7 Å². The fourth-order valence-electron chi connectivity index (χ4n) is 1.21. The Morgan fingerprint density at radius 2 is 2.07 bits per heavy atom. The zero-order valence-electron chi connectivity index (χ0n) is 7.49. The van der Waals surface area contributed by atoms with Crippen LogP contribution in [0.25, 0.3) is 0 Å². The number of alkyl halides is 1. The van der Waals surface area contributed by atoms with Gasteiger partial charge >= 0.3 is 0 Å². The molecule has 14 heavy (non-hydrogen) atoms. The summed E-state index contributed by atoms with van der Waals surface area (Å²) >= 11 is 0. The van der Waals surface area contributed by atoms with Gasteiger partial charge in [-0.15, -0.1) is 0 Å². The fraction of sp³-hybridized carbons (Fsp3) is 0.444. The Morgan fingerprint density at radius 3 is 2.57 bits per heavy atom. The molecule has 0 amide bonds. The van der Waals surface area contributed by atoms with Gasteiger partial charge in [-0.1, -0.05) is 0 Å². The monoisotopic (exact) mass is 209 g/mol. The maximum atomic E-state index is 13.7. The molecule has 1 aliphatic carbocycles. The Kier molecular flexibility index (Phi) is 2.99. The summed E-state index contributed by atoms with van der Waals surface area (Å²) in [5.41, 5.74) is -2.71. The van der Waals surface area contributed by atoms with Crippen molar-refractivity contribution in [2.45, 2.75) is 5.67 Å². The lowest BCUT2D eigenvalue weighted by atomic mass is 9.85. The Hall–Kier alpha value is -0.840. The van der Waals surface area contributed by atoms with Gasteiger partial charge in [0.15, 0.2) is 11.5 Å². The minimum Gasteiger partial charge on any atom is -0.381 e. The number of rotatable bonds is 2. The van der Waals surface area contributed by atoms with E-state index in [2.05, 4.69) is 11.7 Å². The quantitative estimate of drug-likeness (QED) is 0.635. The van der Waals surface area contributed by atoms with Crippen molar-refractivity contribution in [3.8, 4) is 0 Å². The second-order valence-corrected chi connectivity index (χ2v) is 3.04. The molecule has 1 rings (SSSR count). The average molecular weight is 209 g/mol. The molecule has 0 fully saturated rings. The molecular weight excluding hydrogens is 200 g/mol. The van der Waals surface area contributed by atoms with E-state index in [9.17, 15) is 17.6 Å². The Labute approximate surface area is 79.0 Å². The molecule has 0 N–H and O–H groups in total. The topological polar surface area (TPSA) is 9.23 Å². The minimum absolute atomic E-state index is 0.177. The number of hydrogen-bond acceptors (Lipinski definition) is 1. The zero-order valence-corrected chi connectivity index (χ0v) is 7.49. The third-order valence-corrected chi connectivity index (χ3v) is 2.09. The van der Waals surface area contributed by atoms with Gasteiger partial charge in [-0.3, -0.25) is 0 Å². The van der Waals surface area contributed by atoms with Crippen molar-refractivity contribution in [1.29, 1.82) is 0 Å². The molecule has 0 aromatic rings. The maximum absolute atomic E-state index is 13.7. The lowest BCUT2D eigenvalue weighted by Crippen LogP contribution is -2.39. The Balaban J connectivity index is 3.09. The highest BCUT2D eigenvalue weighted by atomic mass is 19.2. The molecule has 1 nitrogen and oxygen atoms in total. The average Bonchev–Trinajstić information content (AvgIpc) is 2.13. The molecule has 0 aromatic heterocycles. The lowest BCUT2D eigenvalue weighted by molar-refractivity contribution is 0.0210.